The number of hydrogen-bond donors (Lipinski definition) is 1. The highest BCUT2D eigenvalue weighted by Crippen LogP contribution is 2.34. The Labute approximate surface area is 114 Å². The number of nitrogens with one attached hydrogen (secondary N) is 1. The predicted molar refractivity (Wildman–Crippen MR) is 72.0 cm³/mol. The Morgan fingerprint density at radius 1 is 1.32 bits per heavy atom. The molecule has 108 valence electrons. The molecule has 2 heterocycles. The van der Waals surface area contributed by atoms with Gasteiger partial charge in [0.2, 0.25) is 0 Å². The molecule has 0 radical (unpaired) electrons. The molecule has 1 N–H and O–H groups in total. The Morgan fingerprint density at radius 2 is 2.05 bits per heavy atom. The Bertz CT molecular complexity index is 367. The fraction of sp³-hybridized carbons (Fsp3) is 0.857. The van der Waals surface area contributed by atoms with Crippen LogP contribution >= 0.6 is 0 Å². The molecule has 2 aliphatic heterocycles. The Balaban J connectivity index is 2.00. The summed E-state index contributed by atoms with van der Waals surface area (Å²) < 4.78 is 5.38. The summed E-state index contributed by atoms with van der Waals surface area (Å²) in [6.45, 7) is 8.33. The average Bonchev–Trinajstić information content (AvgIpc) is 2.69. The van der Waals surface area contributed by atoms with Gasteiger partial charge >= 0.3 is 6.09 Å². The first kappa shape index (κ1) is 14.3. The SMILES string of the molecule is CC(C)(C)OC(=O)N1CCC(=O)C2(CCNC2)CC1. The molecule has 1 amide bonds. The molecule has 2 saturated heterocycles. The molecule has 0 aromatic carbocycles. The summed E-state index contributed by atoms with van der Waals surface area (Å²) in [5.41, 5.74) is -0.725. The van der Waals surface area contributed by atoms with Crippen LogP contribution in [-0.2, 0) is 9.53 Å². The van der Waals surface area contributed by atoms with E-state index in [2.05, 4.69) is 5.32 Å². The van der Waals surface area contributed by atoms with Crippen molar-refractivity contribution in [1.82, 2.24) is 10.2 Å². The molecule has 0 aliphatic carbocycles. The lowest BCUT2D eigenvalue weighted by Crippen LogP contribution is -2.38. The van der Waals surface area contributed by atoms with Crippen molar-refractivity contribution in [3.05, 3.63) is 0 Å². The molecular formula is C14H24N2O3. The quantitative estimate of drug-likeness (QED) is 0.724. The van der Waals surface area contributed by atoms with E-state index in [0.29, 0.717) is 25.3 Å². The van der Waals surface area contributed by atoms with Crippen molar-refractivity contribution in [3.8, 4) is 0 Å². The topological polar surface area (TPSA) is 58.6 Å². The summed E-state index contributed by atoms with van der Waals surface area (Å²) in [7, 11) is 0. The van der Waals surface area contributed by atoms with Gasteiger partial charge in [-0.05, 0) is 40.2 Å². The van der Waals surface area contributed by atoms with Gasteiger partial charge in [-0.2, -0.15) is 0 Å². The number of ether oxygens (including phenoxy) is 1. The number of Topliss-reactive ketones (excluding diaryl/α,β-unsaturated/α-hetero) is 1. The number of ketones is 1. The Kier molecular flexibility index (Phi) is 3.85. The van der Waals surface area contributed by atoms with Crippen molar-refractivity contribution in [2.75, 3.05) is 26.2 Å². The third kappa shape index (κ3) is 3.26. The molecule has 0 aromatic heterocycles. The average molecular weight is 268 g/mol. The zero-order chi connectivity index (χ0) is 14.1. The van der Waals surface area contributed by atoms with Gasteiger partial charge in [-0.15, -0.1) is 0 Å². The summed E-state index contributed by atoms with van der Waals surface area (Å²) >= 11 is 0. The molecule has 1 atom stereocenters. The molecule has 2 aliphatic rings. The van der Waals surface area contributed by atoms with Gasteiger partial charge in [0.25, 0.3) is 0 Å². The van der Waals surface area contributed by atoms with Crippen LogP contribution in [0.25, 0.3) is 0 Å². The van der Waals surface area contributed by atoms with Crippen LogP contribution in [0, 0.1) is 5.41 Å². The van der Waals surface area contributed by atoms with Gasteiger partial charge in [0.05, 0.1) is 0 Å². The molecule has 5 nitrogen and oxygen atoms in total. The van der Waals surface area contributed by atoms with Gasteiger partial charge in [-0.25, -0.2) is 4.79 Å². The van der Waals surface area contributed by atoms with E-state index in [0.717, 1.165) is 25.9 Å². The normalized spacial score (nSPS) is 28.6. The zero-order valence-electron chi connectivity index (χ0n) is 12.1. The maximum absolute atomic E-state index is 12.3. The minimum atomic E-state index is -0.486. The van der Waals surface area contributed by atoms with Gasteiger partial charge in [0.1, 0.15) is 11.4 Å². The lowest BCUT2D eigenvalue weighted by atomic mass is 9.79. The first-order valence-electron chi connectivity index (χ1n) is 7.04. The molecule has 1 unspecified atom stereocenters. The number of carbonyl (C=O) groups excluding carboxylic acids is 2. The molecule has 5 heteroatoms. The van der Waals surface area contributed by atoms with Crippen LogP contribution in [0.4, 0.5) is 4.79 Å². The molecule has 2 fully saturated rings. The number of likely N-dealkylation sites (tertiary alicyclic amines) is 1. The van der Waals surface area contributed by atoms with Crippen molar-refractivity contribution in [1.29, 1.82) is 0 Å². The molecule has 0 bridgehead atoms. The second kappa shape index (κ2) is 5.12. The Hall–Kier alpha value is -1.10. The summed E-state index contributed by atoms with van der Waals surface area (Å²) in [6, 6.07) is 0. The minimum absolute atomic E-state index is 0.239. The fourth-order valence-electron chi connectivity index (χ4n) is 2.81. The predicted octanol–water partition coefficient (Wildman–Crippen LogP) is 1.57. The summed E-state index contributed by atoms with van der Waals surface area (Å²) in [6.07, 6.45) is 1.79. The second-order valence-corrected chi connectivity index (χ2v) is 6.60. The van der Waals surface area contributed by atoms with E-state index in [1.54, 1.807) is 4.90 Å². The lowest BCUT2D eigenvalue weighted by Gasteiger charge is -2.27. The van der Waals surface area contributed by atoms with Crippen LogP contribution in [0.15, 0.2) is 0 Å². The van der Waals surface area contributed by atoms with Gasteiger partial charge in [0, 0.05) is 31.5 Å². The number of amides is 1. The van der Waals surface area contributed by atoms with Crippen molar-refractivity contribution in [3.63, 3.8) is 0 Å². The largest absolute Gasteiger partial charge is 0.444 e. The van der Waals surface area contributed by atoms with Gasteiger partial charge in [-0.1, -0.05) is 0 Å². The molecule has 19 heavy (non-hydrogen) atoms. The molecule has 1 spiro atoms. The second-order valence-electron chi connectivity index (χ2n) is 6.60. The van der Waals surface area contributed by atoms with E-state index in [9.17, 15) is 9.59 Å². The van der Waals surface area contributed by atoms with Gasteiger partial charge in [-0.3, -0.25) is 4.79 Å². The van der Waals surface area contributed by atoms with E-state index in [1.807, 2.05) is 20.8 Å². The Morgan fingerprint density at radius 3 is 2.63 bits per heavy atom. The van der Waals surface area contributed by atoms with Gasteiger partial charge in [0.15, 0.2) is 0 Å². The monoisotopic (exact) mass is 268 g/mol. The van der Waals surface area contributed by atoms with Gasteiger partial charge < -0.3 is 15.0 Å². The summed E-state index contributed by atoms with van der Waals surface area (Å²) in [5.74, 6) is 0.295. The van der Waals surface area contributed by atoms with E-state index < -0.39 is 5.60 Å². The maximum Gasteiger partial charge on any atom is 0.410 e. The molecular weight excluding hydrogens is 244 g/mol. The number of rotatable bonds is 0. The standard InChI is InChI=1S/C14H24N2O3/c1-13(2,3)19-12(18)16-8-4-11(17)14(6-9-16)5-7-15-10-14/h15H,4-10H2,1-3H3. The smallest absolute Gasteiger partial charge is 0.410 e. The third-order valence-electron chi connectivity index (χ3n) is 3.96. The van der Waals surface area contributed by atoms with Crippen LogP contribution < -0.4 is 5.32 Å². The minimum Gasteiger partial charge on any atom is -0.444 e. The number of hydrogen-bond acceptors (Lipinski definition) is 4. The van der Waals surface area contributed by atoms with E-state index in [1.165, 1.54) is 0 Å². The summed E-state index contributed by atoms with van der Waals surface area (Å²) in [5, 5.41) is 3.27. The van der Waals surface area contributed by atoms with Crippen molar-refractivity contribution in [2.45, 2.75) is 45.6 Å². The van der Waals surface area contributed by atoms with Crippen molar-refractivity contribution >= 4 is 11.9 Å². The maximum atomic E-state index is 12.3. The van der Waals surface area contributed by atoms with Crippen molar-refractivity contribution < 1.29 is 14.3 Å². The van der Waals surface area contributed by atoms with Crippen LogP contribution in [-0.4, -0.2) is 48.6 Å². The highest BCUT2D eigenvalue weighted by Gasteiger charge is 2.43. The molecule has 2 rings (SSSR count). The van der Waals surface area contributed by atoms with E-state index >= 15 is 0 Å². The summed E-state index contributed by atoms with van der Waals surface area (Å²) in [4.78, 5) is 26.0. The molecule has 0 aromatic rings. The number of nitrogens with zero attached hydrogens (tertiary/aromatic N) is 1. The third-order valence-corrected chi connectivity index (χ3v) is 3.96. The van der Waals surface area contributed by atoms with Crippen LogP contribution in [0.5, 0.6) is 0 Å². The first-order valence-corrected chi connectivity index (χ1v) is 7.04. The van der Waals surface area contributed by atoms with E-state index in [-0.39, 0.29) is 11.5 Å². The number of carbonyl (C=O) groups is 2. The zero-order valence-corrected chi connectivity index (χ0v) is 12.1. The highest BCUT2D eigenvalue weighted by molar-refractivity contribution is 5.86. The fourth-order valence-corrected chi connectivity index (χ4v) is 2.81. The lowest BCUT2D eigenvalue weighted by molar-refractivity contribution is -0.127. The van der Waals surface area contributed by atoms with Crippen LogP contribution in [0.2, 0.25) is 0 Å². The van der Waals surface area contributed by atoms with Crippen LogP contribution in [0.3, 0.4) is 0 Å². The van der Waals surface area contributed by atoms with Crippen LogP contribution in [0.1, 0.15) is 40.0 Å². The van der Waals surface area contributed by atoms with Crippen molar-refractivity contribution in [2.24, 2.45) is 5.41 Å². The van der Waals surface area contributed by atoms with E-state index in [4.69, 9.17) is 4.74 Å². The first-order chi connectivity index (χ1) is 8.82. The molecule has 0 saturated carbocycles. The highest BCUT2D eigenvalue weighted by atomic mass is 16.6.